The molecule has 0 saturated carbocycles. The van der Waals surface area contributed by atoms with Crippen molar-refractivity contribution in [1.82, 2.24) is 5.16 Å². The molecular formula is C12H9BrN2O3. The Kier molecular flexibility index (Phi) is 3.57. The molecule has 1 aromatic carbocycles. The second kappa shape index (κ2) is 5.14. The fourth-order valence-electron chi connectivity index (χ4n) is 1.46. The third-order valence-corrected chi connectivity index (χ3v) is 2.87. The van der Waals surface area contributed by atoms with E-state index in [2.05, 4.69) is 21.1 Å². The lowest BCUT2D eigenvalue weighted by Crippen LogP contribution is -1.90. The zero-order valence-electron chi connectivity index (χ0n) is 9.46. The van der Waals surface area contributed by atoms with Crippen LogP contribution in [0, 0.1) is 17.0 Å². The van der Waals surface area contributed by atoms with E-state index in [1.54, 1.807) is 19.1 Å². The number of rotatable bonds is 3. The van der Waals surface area contributed by atoms with E-state index >= 15 is 0 Å². The Morgan fingerprint density at radius 1 is 1.33 bits per heavy atom. The summed E-state index contributed by atoms with van der Waals surface area (Å²) in [7, 11) is 0. The molecule has 0 radical (unpaired) electrons. The van der Waals surface area contributed by atoms with Crippen LogP contribution in [0.4, 0.5) is 5.69 Å². The number of nitro groups is 1. The highest BCUT2D eigenvalue weighted by molar-refractivity contribution is 9.10. The van der Waals surface area contributed by atoms with Gasteiger partial charge in [-0.25, -0.2) is 0 Å². The van der Waals surface area contributed by atoms with Gasteiger partial charge in [0.2, 0.25) is 5.76 Å². The van der Waals surface area contributed by atoms with Crippen LogP contribution in [0.1, 0.15) is 17.0 Å². The van der Waals surface area contributed by atoms with Crippen LogP contribution in [0.25, 0.3) is 12.2 Å². The average Bonchev–Trinajstić information content (AvgIpc) is 2.70. The summed E-state index contributed by atoms with van der Waals surface area (Å²) in [5, 5.41) is 14.4. The van der Waals surface area contributed by atoms with Gasteiger partial charge in [0, 0.05) is 4.47 Å². The van der Waals surface area contributed by atoms with Crippen LogP contribution in [0.15, 0.2) is 33.3 Å². The number of hydrogen-bond acceptors (Lipinski definition) is 4. The maximum atomic E-state index is 10.8. The minimum Gasteiger partial charge on any atom is -0.349 e. The Balaban J connectivity index is 2.29. The number of aromatic nitrogens is 1. The van der Waals surface area contributed by atoms with Gasteiger partial charge in [-0.05, 0) is 30.7 Å². The molecule has 92 valence electrons. The first kappa shape index (κ1) is 12.5. The lowest BCUT2D eigenvalue weighted by molar-refractivity contribution is -0.386. The second-order valence-electron chi connectivity index (χ2n) is 3.62. The van der Waals surface area contributed by atoms with Crippen molar-refractivity contribution in [2.45, 2.75) is 6.92 Å². The predicted molar refractivity (Wildman–Crippen MR) is 71.0 cm³/mol. The first-order valence-corrected chi connectivity index (χ1v) is 5.91. The Hall–Kier alpha value is -1.95. The summed E-state index contributed by atoms with van der Waals surface area (Å²) < 4.78 is 5.89. The molecule has 1 aromatic heterocycles. The standard InChI is InChI=1S/C12H9BrN2O3/c1-8-12(15(16)17)11(18-14-8)7-4-9-2-5-10(13)6-3-9/h2-7H,1H3. The summed E-state index contributed by atoms with van der Waals surface area (Å²) in [6, 6.07) is 7.55. The largest absolute Gasteiger partial charge is 0.349 e. The van der Waals surface area contributed by atoms with Crippen molar-refractivity contribution in [3.8, 4) is 0 Å². The number of nitrogens with zero attached hydrogens (tertiary/aromatic N) is 2. The Bertz CT molecular complexity index is 602. The molecule has 18 heavy (non-hydrogen) atoms. The van der Waals surface area contributed by atoms with Crippen molar-refractivity contribution < 1.29 is 9.45 Å². The van der Waals surface area contributed by atoms with E-state index in [1.165, 1.54) is 0 Å². The third kappa shape index (κ3) is 2.65. The Morgan fingerprint density at radius 2 is 2.00 bits per heavy atom. The maximum Gasteiger partial charge on any atom is 0.338 e. The van der Waals surface area contributed by atoms with Crippen LogP contribution < -0.4 is 0 Å². The Labute approximate surface area is 111 Å². The van der Waals surface area contributed by atoms with E-state index in [0.29, 0.717) is 0 Å². The van der Waals surface area contributed by atoms with Crippen molar-refractivity contribution >= 4 is 33.8 Å². The Morgan fingerprint density at radius 3 is 2.61 bits per heavy atom. The first-order chi connectivity index (χ1) is 8.58. The van der Waals surface area contributed by atoms with E-state index in [9.17, 15) is 10.1 Å². The van der Waals surface area contributed by atoms with Crippen molar-refractivity contribution in [3.05, 3.63) is 55.9 Å². The summed E-state index contributed by atoms with van der Waals surface area (Å²) in [4.78, 5) is 10.3. The van der Waals surface area contributed by atoms with E-state index in [-0.39, 0.29) is 17.1 Å². The van der Waals surface area contributed by atoms with Gasteiger partial charge in [-0.2, -0.15) is 0 Å². The van der Waals surface area contributed by atoms with Crippen molar-refractivity contribution in [2.24, 2.45) is 0 Å². The van der Waals surface area contributed by atoms with E-state index in [0.717, 1.165) is 10.0 Å². The highest BCUT2D eigenvalue weighted by Gasteiger charge is 2.21. The molecule has 0 fully saturated rings. The molecule has 0 N–H and O–H groups in total. The maximum absolute atomic E-state index is 10.8. The fraction of sp³-hybridized carbons (Fsp3) is 0.0833. The topological polar surface area (TPSA) is 69.2 Å². The molecule has 0 aliphatic heterocycles. The highest BCUT2D eigenvalue weighted by atomic mass is 79.9. The summed E-state index contributed by atoms with van der Waals surface area (Å²) in [5.41, 5.74) is 1.10. The van der Waals surface area contributed by atoms with E-state index in [1.807, 2.05) is 24.3 Å². The summed E-state index contributed by atoms with van der Waals surface area (Å²) in [6.45, 7) is 1.54. The van der Waals surface area contributed by atoms with Gasteiger partial charge in [0.25, 0.3) is 0 Å². The van der Waals surface area contributed by atoms with Gasteiger partial charge in [0.1, 0.15) is 0 Å². The van der Waals surface area contributed by atoms with E-state index in [4.69, 9.17) is 4.52 Å². The highest BCUT2D eigenvalue weighted by Crippen LogP contribution is 2.24. The normalized spacial score (nSPS) is 11.0. The molecule has 0 amide bonds. The minimum atomic E-state index is -0.493. The molecule has 0 unspecified atom stereocenters. The lowest BCUT2D eigenvalue weighted by Gasteiger charge is -1.92. The number of halogens is 1. The number of benzene rings is 1. The molecule has 0 spiro atoms. The predicted octanol–water partition coefficient (Wildman–Crippen LogP) is 3.82. The summed E-state index contributed by atoms with van der Waals surface area (Å²) in [5.74, 6) is 0.153. The number of hydrogen-bond donors (Lipinski definition) is 0. The molecule has 0 saturated heterocycles. The molecule has 2 aromatic rings. The quantitative estimate of drug-likeness (QED) is 0.638. The number of aryl methyl sites for hydroxylation is 1. The van der Waals surface area contributed by atoms with Crippen LogP contribution in [-0.2, 0) is 0 Å². The monoisotopic (exact) mass is 308 g/mol. The molecule has 2 rings (SSSR count). The zero-order valence-corrected chi connectivity index (χ0v) is 11.0. The molecule has 0 atom stereocenters. The average molecular weight is 309 g/mol. The third-order valence-electron chi connectivity index (χ3n) is 2.34. The van der Waals surface area contributed by atoms with Gasteiger partial charge < -0.3 is 4.52 Å². The molecular weight excluding hydrogens is 300 g/mol. The molecule has 0 aliphatic carbocycles. The SMILES string of the molecule is Cc1noc(C=Cc2ccc(Br)cc2)c1[N+](=O)[O-]. The molecule has 6 heteroatoms. The second-order valence-corrected chi connectivity index (χ2v) is 4.54. The van der Waals surface area contributed by atoms with Gasteiger partial charge in [0.05, 0.1) is 4.92 Å². The smallest absolute Gasteiger partial charge is 0.338 e. The van der Waals surface area contributed by atoms with Gasteiger partial charge >= 0.3 is 5.69 Å². The van der Waals surface area contributed by atoms with Crippen LogP contribution in [-0.4, -0.2) is 10.1 Å². The van der Waals surface area contributed by atoms with Gasteiger partial charge in [-0.1, -0.05) is 39.3 Å². The van der Waals surface area contributed by atoms with Crippen LogP contribution in [0.2, 0.25) is 0 Å². The van der Waals surface area contributed by atoms with Crippen LogP contribution in [0.3, 0.4) is 0 Å². The van der Waals surface area contributed by atoms with Gasteiger partial charge in [0.15, 0.2) is 5.69 Å². The zero-order chi connectivity index (χ0) is 13.1. The van der Waals surface area contributed by atoms with Crippen molar-refractivity contribution in [3.63, 3.8) is 0 Å². The van der Waals surface area contributed by atoms with Gasteiger partial charge in [-0.15, -0.1) is 0 Å². The van der Waals surface area contributed by atoms with Crippen molar-refractivity contribution in [1.29, 1.82) is 0 Å². The first-order valence-electron chi connectivity index (χ1n) is 5.12. The minimum absolute atomic E-state index is 0.0941. The van der Waals surface area contributed by atoms with Crippen LogP contribution in [0.5, 0.6) is 0 Å². The molecule has 0 bridgehead atoms. The van der Waals surface area contributed by atoms with Gasteiger partial charge in [-0.3, -0.25) is 10.1 Å². The molecule has 1 heterocycles. The fourth-order valence-corrected chi connectivity index (χ4v) is 1.72. The summed E-state index contributed by atoms with van der Waals surface area (Å²) in [6.07, 6.45) is 3.28. The lowest BCUT2D eigenvalue weighted by atomic mass is 10.2. The van der Waals surface area contributed by atoms with Crippen molar-refractivity contribution in [2.75, 3.05) is 0 Å². The molecule has 5 nitrogen and oxygen atoms in total. The molecule has 0 aliphatic rings. The van der Waals surface area contributed by atoms with E-state index < -0.39 is 4.92 Å². The van der Waals surface area contributed by atoms with Crippen LogP contribution >= 0.6 is 15.9 Å². The summed E-state index contributed by atoms with van der Waals surface area (Å²) >= 11 is 3.33.